The zero-order valence-corrected chi connectivity index (χ0v) is 17.1. The van der Waals surface area contributed by atoms with E-state index in [2.05, 4.69) is 40.2 Å². The largest absolute Gasteiger partial charge is 0.465 e. The Bertz CT molecular complexity index is 712. The number of benzene rings is 2. The van der Waals surface area contributed by atoms with Gasteiger partial charge in [0, 0.05) is 25.2 Å². The van der Waals surface area contributed by atoms with Crippen LogP contribution in [0.2, 0.25) is 0 Å². The van der Waals surface area contributed by atoms with Gasteiger partial charge in [0.25, 0.3) is 0 Å². The van der Waals surface area contributed by atoms with Gasteiger partial charge in [-0.2, -0.15) is 0 Å². The lowest BCUT2D eigenvalue weighted by Crippen LogP contribution is -2.46. The van der Waals surface area contributed by atoms with Crippen LogP contribution >= 0.6 is 0 Å². The molecule has 2 aromatic carbocycles. The molecule has 30 heavy (non-hydrogen) atoms. The number of carbonyl (C=O) groups is 2. The molecule has 5 N–H and O–H groups in total. The SMILES string of the molecule is O=C(O)NCC[C@@H](CNC(CCc1ccccc1)CCc1ccccc1)NC(=O)O. The molecule has 162 valence electrons. The van der Waals surface area contributed by atoms with Gasteiger partial charge in [0.05, 0.1) is 0 Å². The molecule has 0 bridgehead atoms. The van der Waals surface area contributed by atoms with Crippen molar-refractivity contribution in [2.24, 2.45) is 0 Å². The molecule has 0 saturated heterocycles. The molecular formula is C23H31N3O4. The number of carboxylic acid groups (broad SMARTS) is 2. The standard InChI is InChI=1S/C23H31N3O4/c27-22(28)24-16-15-21(26-23(29)30)17-25-20(13-11-18-7-3-1-4-8-18)14-12-19-9-5-2-6-10-19/h1-10,20-21,24-26H,11-17H2,(H,27,28)(H,29,30)/t21-/m0/s1. The van der Waals surface area contributed by atoms with Gasteiger partial charge < -0.3 is 26.2 Å². The van der Waals surface area contributed by atoms with Crippen molar-refractivity contribution in [1.29, 1.82) is 0 Å². The Hall–Kier alpha value is -3.06. The summed E-state index contributed by atoms with van der Waals surface area (Å²) in [6.07, 6.45) is 1.90. The van der Waals surface area contributed by atoms with E-state index in [9.17, 15) is 9.59 Å². The van der Waals surface area contributed by atoms with E-state index in [0.717, 1.165) is 25.7 Å². The highest BCUT2D eigenvalue weighted by Crippen LogP contribution is 2.11. The normalized spacial score (nSPS) is 11.8. The number of hydrogen-bond acceptors (Lipinski definition) is 3. The van der Waals surface area contributed by atoms with Crippen LogP contribution in [-0.4, -0.2) is 47.6 Å². The zero-order valence-electron chi connectivity index (χ0n) is 17.1. The Labute approximate surface area is 177 Å². The van der Waals surface area contributed by atoms with Crippen molar-refractivity contribution < 1.29 is 19.8 Å². The fourth-order valence-electron chi connectivity index (χ4n) is 3.38. The summed E-state index contributed by atoms with van der Waals surface area (Å²) in [6.45, 7) is 0.641. The average molecular weight is 414 g/mol. The second-order valence-corrected chi connectivity index (χ2v) is 7.32. The van der Waals surface area contributed by atoms with Gasteiger partial charge in [-0.15, -0.1) is 0 Å². The van der Waals surface area contributed by atoms with E-state index in [1.165, 1.54) is 11.1 Å². The summed E-state index contributed by atoms with van der Waals surface area (Å²) in [4.78, 5) is 21.7. The van der Waals surface area contributed by atoms with Crippen molar-refractivity contribution in [3.63, 3.8) is 0 Å². The van der Waals surface area contributed by atoms with Crippen LogP contribution in [0.15, 0.2) is 60.7 Å². The molecule has 0 radical (unpaired) electrons. The van der Waals surface area contributed by atoms with E-state index in [-0.39, 0.29) is 18.6 Å². The first-order valence-corrected chi connectivity index (χ1v) is 10.3. The van der Waals surface area contributed by atoms with E-state index in [4.69, 9.17) is 10.2 Å². The van der Waals surface area contributed by atoms with Crippen molar-refractivity contribution in [3.05, 3.63) is 71.8 Å². The Morgan fingerprint density at radius 3 is 1.73 bits per heavy atom. The molecule has 0 saturated carbocycles. The van der Waals surface area contributed by atoms with E-state index in [1.807, 2.05) is 36.4 Å². The van der Waals surface area contributed by atoms with E-state index in [0.29, 0.717) is 13.0 Å². The molecular weight excluding hydrogens is 382 g/mol. The van der Waals surface area contributed by atoms with Gasteiger partial charge in [-0.1, -0.05) is 60.7 Å². The van der Waals surface area contributed by atoms with Crippen LogP contribution in [0.3, 0.4) is 0 Å². The molecule has 0 aromatic heterocycles. The van der Waals surface area contributed by atoms with Crippen LogP contribution in [0.25, 0.3) is 0 Å². The van der Waals surface area contributed by atoms with Crippen LogP contribution < -0.4 is 16.0 Å². The Morgan fingerprint density at radius 2 is 1.27 bits per heavy atom. The molecule has 2 amide bonds. The first-order valence-electron chi connectivity index (χ1n) is 10.3. The van der Waals surface area contributed by atoms with Gasteiger partial charge in [-0.05, 0) is 43.2 Å². The lowest BCUT2D eigenvalue weighted by Gasteiger charge is -2.23. The first kappa shape index (κ1) is 23.2. The third-order valence-corrected chi connectivity index (χ3v) is 5.00. The monoisotopic (exact) mass is 413 g/mol. The molecule has 0 aliphatic rings. The van der Waals surface area contributed by atoms with Gasteiger partial charge in [0.15, 0.2) is 0 Å². The summed E-state index contributed by atoms with van der Waals surface area (Å²) in [5.41, 5.74) is 2.55. The molecule has 7 nitrogen and oxygen atoms in total. The van der Waals surface area contributed by atoms with Gasteiger partial charge in [0.2, 0.25) is 0 Å². The third-order valence-electron chi connectivity index (χ3n) is 5.00. The fourth-order valence-corrected chi connectivity index (χ4v) is 3.38. The minimum atomic E-state index is -1.11. The Morgan fingerprint density at radius 1 is 0.733 bits per heavy atom. The molecule has 0 aliphatic carbocycles. The molecule has 0 aliphatic heterocycles. The molecule has 0 heterocycles. The predicted molar refractivity (Wildman–Crippen MR) is 117 cm³/mol. The third kappa shape index (κ3) is 9.93. The first-order chi connectivity index (χ1) is 14.5. The van der Waals surface area contributed by atoms with Crippen molar-refractivity contribution in [2.75, 3.05) is 13.1 Å². The highest BCUT2D eigenvalue weighted by atomic mass is 16.4. The molecule has 0 spiro atoms. The Kier molecular flexibility index (Phi) is 10.2. The highest BCUT2D eigenvalue weighted by Gasteiger charge is 2.15. The topological polar surface area (TPSA) is 111 Å². The van der Waals surface area contributed by atoms with Crippen molar-refractivity contribution in [1.82, 2.24) is 16.0 Å². The summed E-state index contributed by atoms with van der Waals surface area (Å²) < 4.78 is 0. The van der Waals surface area contributed by atoms with E-state index < -0.39 is 12.2 Å². The van der Waals surface area contributed by atoms with Gasteiger partial charge in [-0.3, -0.25) is 0 Å². The maximum Gasteiger partial charge on any atom is 0.404 e. The van der Waals surface area contributed by atoms with E-state index in [1.54, 1.807) is 0 Å². The van der Waals surface area contributed by atoms with Crippen molar-refractivity contribution in [3.8, 4) is 0 Å². The predicted octanol–water partition coefficient (Wildman–Crippen LogP) is 3.50. The summed E-state index contributed by atoms with van der Waals surface area (Å²) >= 11 is 0. The number of hydrogen-bond donors (Lipinski definition) is 5. The van der Waals surface area contributed by atoms with Gasteiger partial charge >= 0.3 is 12.2 Å². The summed E-state index contributed by atoms with van der Waals surface area (Å²) in [7, 11) is 0. The summed E-state index contributed by atoms with van der Waals surface area (Å²) in [5, 5.41) is 26.1. The van der Waals surface area contributed by atoms with Crippen LogP contribution in [-0.2, 0) is 12.8 Å². The quantitative estimate of drug-likeness (QED) is 0.345. The molecule has 1 atom stereocenters. The lowest BCUT2D eigenvalue weighted by atomic mass is 9.98. The van der Waals surface area contributed by atoms with Crippen LogP contribution in [0, 0.1) is 0 Å². The minimum absolute atomic E-state index is 0.195. The molecule has 2 rings (SSSR count). The zero-order chi connectivity index (χ0) is 21.6. The second-order valence-electron chi connectivity index (χ2n) is 7.32. The highest BCUT2D eigenvalue weighted by molar-refractivity contribution is 5.65. The molecule has 0 fully saturated rings. The van der Waals surface area contributed by atoms with Crippen LogP contribution in [0.4, 0.5) is 9.59 Å². The van der Waals surface area contributed by atoms with Crippen molar-refractivity contribution in [2.45, 2.75) is 44.2 Å². The number of rotatable bonds is 13. The Balaban J connectivity index is 1.92. The summed E-state index contributed by atoms with van der Waals surface area (Å²) in [6, 6.07) is 20.4. The lowest BCUT2D eigenvalue weighted by molar-refractivity contribution is 0.187. The smallest absolute Gasteiger partial charge is 0.404 e. The number of amides is 2. The summed E-state index contributed by atoms with van der Waals surface area (Å²) in [5.74, 6) is 0. The average Bonchev–Trinajstić information content (AvgIpc) is 2.73. The maximum atomic E-state index is 11.1. The minimum Gasteiger partial charge on any atom is -0.465 e. The van der Waals surface area contributed by atoms with Crippen LogP contribution in [0.1, 0.15) is 30.4 Å². The van der Waals surface area contributed by atoms with Gasteiger partial charge in [0.1, 0.15) is 0 Å². The van der Waals surface area contributed by atoms with Crippen molar-refractivity contribution >= 4 is 12.2 Å². The molecule has 0 unspecified atom stereocenters. The number of nitrogens with one attached hydrogen (secondary N) is 3. The molecule has 7 heteroatoms. The number of aryl methyl sites for hydroxylation is 2. The maximum absolute atomic E-state index is 11.1. The van der Waals surface area contributed by atoms with E-state index >= 15 is 0 Å². The second kappa shape index (κ2) is 13.2. The van der Waals surface area contributed by atoms with Crippen LogP contribution in [0.5, 0.6) is 0 Å². The fraction of sp³-hybridized carbons (Fsp3) is 0.391. The molecule has 2 aromatic rings. The van der Waals surface area contributed by atoms with Gasteiger partial charge in [-0.25, -0.2) is 9.59 Å².